The first-order valence-corrected chi connectivity index (χ1v) is 6.09. The third-order valence-electron chi connectivity index (χ3n) is 2.87. The van der Waals surface area contributed by atoms with Crippen LogP contribution >= 0.6 is 0 Å². The summed E-state index contributed by atoms with van der Waals surface area (Å²) in [6.45, 7) is 0.311. The normalized spacial score (nSPS) is 12.7. The molecule has 120 valence electrons. The van der Waals surface area contributed by atoms with Gasteiger partial charge in [0.1, 0.15) is 5.82 Å². The van der Waals surface area contributed by atoms with Crippen molar-refractivity contribution in [1.29, 1.82) is 0 Å². The molecule has 2 rings (SSSR count). The minimum atomic E-state index is -4.87. The monoisotopic (exact) mass is 323 g/mol. The Morgan fingerprint density at radius 2 is 1.55 bits per heavy atom. The average Bonchev–Trinajstić information content (AvgIpc) is 2.85. The van der Waals surface area contributed by atoms with Crippen molar-refractivity contribution in [2.45, 2.75) is 18.9 Å². The lowest BCUT2D eigenvalue weighted by molar-refractivity contribution is -0.143. The van der Waals surface area contributed by atoms with Crippen molar-refractivity contribution in [3.63, 3.8) is 0 Å². The average molecular weight is 323 g/mol. The maximum atomic E-state index is 12.8. The van der Waals surface area contributed by atoms with Gasteiger partial charge in [-0.15, -0.1) is 0 Å². The van der Waals surface area contributed by atoms with E-state index >= 15 is 0 Å². The summed E-state index contributed by atoms with van der Waals surface area (Å²) >= 11 is 0. The van der Waals surface area contributed by atoms with Gasteiger partial charge in [-0.1, -0.05) is 0 Å². The topological polar surface area (TPSA) is 40.7 Å². The number of alkyl halides is 6. The molecule has 0 atom stereocenters. The Morgan fingerprint density at radius 3 is 2.00 bits per heavy atom. The molecule has 1 heterocycles. The van der Waals surface area contributed by atoms with Gasteiger partial charge < -0.3 is 10.3 Å². The number of imidazole rings is 1. The van der Waals surface area contributed by atoms with Crippen LogP contribution in [0.25, 0.3) is 11.3 Å². The number of aromatic amines is 1. The molecule has 2 N–H and O–H groups in total. The fourth-order valence-corrected chi connectivity index (χ4v) is 1.88. The van der Waals surface area contributed by atoms with E-state index in [9.17, 15) is 26.3 Å². The summed E-state index contributed by atoms with van der Waals surface area (Å²) in [6.07, 6.45) is -8.55. The van der Waals surface area contributed by atoms with E-state index in [1.165, 1.54) is 6.20 Å². The molecule has 9 heteroatoms. The highest BCUT2D eigenvalue weighted by Crippen LogP contribution is 2.38. The fraction of sp³-hybridized carbons (Fsp3) is 0.308. The molecule has 0 bridgehead atoms. The molecule has 0 aliphatic carbocycles. The van der Waals surface area contributed by atoms with Crippen molar-refractivity contribution < 1.29 is 26.3 Å². The van der Waals surface area contributed by atoms with Crippen LogP contribution < -0.4 is 5.32 Å². The van der Waals surface area contributed by atoms with Crippen LogP contribution in [0.2, 0.25) is 0 Å². The molecule has 2 aromatic rings. The van der Waals surface area contributed by atoms with E-state index in [0.717, 1.165) is 0 Å². The van der Waals surface area contributed by atoms with E-state index in [1.54, 1.807) is 7.05 Å². The van der Waals surface area contributed by atoms with Crippen molar-refractivity contribution in [1.82, 2.24) is 15.3 Å². The number of halogens is 6. The number of H-pyrrole nitrogens is 1. The summed E-state index contributed by atoms with van der Waals surface area (Å²) in [5.41, 5.74) is -2.86. The first kappa shape index (κ1) is 16.3. The van der Waals surface area contributed by atoms with Gasteiger partial charge in [0, 0.05) is 5.56 Å². The SMILES string of the molecule is CNCc1ncc(-c2cc(C(F)(F)F)cc(C(F)(F)F)c2)[nH]1. The lowest BCUT2D eigenvalue weighted by atomic mass is 10.0. The Labute approximate surface area is 121 Å². The molecule has 0 spiro atoms. The second-order valence-electron chi connectivity index (χ2n) is 4.57. The molecule has 0 fully saturated rings. The summed E-state index contributed by atoms with van der Waals surface area (Å²) < 4.78 is 76.6. The third kappa shape index (κ3) is 3.59. The molecular weight excluding hydrogens is 312 g/mol. The first-order valence-electron chi connectivity index (χ1n) is 6.09. The van der Waals surface area contributed by atoms with Gasteiger partial charge in [-0.05, 0) is 25.2 Å². The van der Waals surface area contributed by atoms with E-state index < -0.39 is 23.5 Å². The highest BCUT2D eigenvalue weighted by atomic mass is 19.4. The molecule has 1 aromatic carbocycles. The minimum Gasteiger partial charge on any atom is -0.341 e. The second kappa shape index (κ2) is 5.64. The van der Waals surface area contributed by atoms with E-state index in [0.29, 0.717) is 24.5 Å². The van der Waals surface area contributed by atoms with E-state index in [2.05, 4.69) is 15.3 Å². The van der Waals surface area contributed by atoms with E-state index in [1.807, 2.05) is 0 Å². The summed E-state index contributed by atoms with van der Waals surface area (Å²) in [4.78, 5) is 6.56. The number of aromatic nitrogens is 2. The van der Waals surface area contributed by atoms with Crippen LogP contribution in [-0.2, 0) is 18.9 Å². The standard InChI is InChI=1S/C13H11F6N3/c1-20-6-11-21-5-10(22-11)7-2-8(12(14,15)16)4-9(3-7)13(17,18)19/h2-5,20H,6H2,1H3,(H,21,22). The second-order valence-corrected chi connectivity index (χ2v) is 4.57. The predicted octanol–water partition coefficient (Wildman–Crippen LogP) is 3.83. The van der Waals surface area contributed by atoms with Crippen molar-refractivity contribution in [3.05, 3.63) is 41.3 Å². The van der Waals surface area contributed by atoms with Gasteiger partial charge in [0.25, 0.3) is 0 Å². The number of hydrogen-bond acceptors (Lipinski definition) is 2. The van der Waals surface area contributed by atoms with Gasteiger partial charge in [0.05, 0.1) is 29.6 Å². The van der Waals surface area contributed by atoms with Gasteiger partial charge in [0.2, 0.25) is 0 Å². The molecule has 22 heavy (non-hydrogen) atoms. The highest BCUT2D eigenvalue weighted by molar-refractivity contribution is 5.61. The zero-order valence-electron chi connectivity index (χ0n) is 11.2. The maximum absolute atomic E-state index is 12.8. The maximum Gasteiger partial charge on any atom is 0.416 e. The van der Waals surface area contributed by atoms with Gasteiger partial charge in [0.15, 0.2) is 0 Å². The van der Waals surface area contributed by atoms with Crippen molar-refractivity contribution >= 4 is 0 Å². The van der Waals surface area contributed by atoms with Gasteiger partial charge in [-0.2, -0.15) is 26.3 Å². The smallest absolute Gasteiger partial charge is 0.341 e. The van der Waals surface area contributed by atoms with Crippen LogP contribution in [0.3, 0.4) is 0 Å². The van der Waals surface area contributed by atoms with Crippen LogP contribution in [-0.4, -0.2) is 17.0 Å². The van der Waals surface area contributed by atoms with Crippen molar-refractivity contribution in [2.24, 2.45) is 0 Å². The molecule has 0 radical (unpaired) electrons. The Bertz CT molecular complexity index is 624. The lowest BCUT2D eigenvalue weighted by Crippen LogP contribution is -2.11. The Balaban J connectivity index is 2.54. The summed E-state index contributed by atoms with van der Waals surface area (Å²) in [5.74, 6) is 0.406. The molecule has 0 saturated heterocycles. The largest absolute Gasteiger partial charge is 0.416 e. The Kier molecular flexibility index (Phi) is 4.19. The van der Waals surface area contributed by atoms with Crippen LogP contribution in [0.5, 0.6) is 0 Å². The van der Waals surface area contributed by atoms with Gasteiger partial charge in [-0.25, -0.2) is 4.98 Å². The van der Waals surface area contributed by atoms with Crippen molar-refractivity contribution in [3.8, 4) is 11.3 Å². The zero-order chi connectivity index (χ0) is 16.5. The summed E-state index contributed by atoms with van der Waals surface area (Å²) in [6, 6.07) is 1.41. The van der Waals surface area contributed by atoms with Gasteiger partial charge in [-0.3, -0.25) is 0 Å². The molecule has 0 saturated carbocycles. The van der Waals surface area contributed by atoms with Gasteiger partial charge >= 0.3 is 12.4 Å². The van der Waals surface area contributed by atoms with Crippen LogP contribution in [0.1, 0.15) is 17.0 Å². The number of nitrogens with zero attached hydrogens (tertiary/aromatic N) is 1. The molecule has 0 amide bonds. The first-order chi connectivity index (χ1) is 10.1. The van der Waals surface area contributed by atoms with Crippen LogP contribution in [0.15, 0.2) is 24.4 Å². The number of hydrogen-bond donors (Lipinski definition) is 2. The Hall–Kier alpha value is -2.03. The van der Waals surface area contributed by atoms with E-state index in [4.69, 9.17) is 0 Å². The molecule has 0 aliphatic rings. The third-order valence-corrected chi connectivity index (χ3v) is 2.87. The quantitative estimate of drug-likeness (QED) is 0.843. The predicted molar refractivity (Wildman–Crippen MR) is 66.8 cm³/mol. The highest BCUT2D eigenvalue weighted by Gasteiger charge is 2.37. The molecule has 0 aliphatic heterocycles. The van der Waals surface area contributed by atoms with Crippen LogP contribution in [0.4, 0.5) is 26.3 Å². The van der Waals surface area contributed by atoms with E-state index in [-0.39, 0.29) is 17.3 Å². The summed E-state index contributed by atoms with van der Waals surface area (Å²) in [5, 5.41) is 2.77. The lowest BCUT2D eigenvalue weighted by Gasteiger charge is -2.13. The summed E-state index contributed by atoms with van der Waals surface area (Å²) in [7, 11) is 1.63. The number of nitrogens with one attached hydrogen (secondary N) is 2. The minimum absolute atomic E-state index is 0.0850. The Morgan fingerprint density at radius 1 is 1.00 bits per heavy atom. The van der Waals surface area contributed by atoms with Crippen molar-refractivity contribution in [2.75, 3.05) is 7.05 Å². The molecule has 0 unspecified atom stereocenters. The number of benzene rings is 1. The molecular formula is C13H11F6N3. The molecule has 3 nitrogen and oxygen atoms in total. The van der Waals surface area contributed by atoms with Crippen LogP contribution in [0, 0.1) is 0 Å². The molecule has 1 aromatic heterocycles. The zero-order valence-corrected chi connectivity index (χ0v) is 11.2. The fourth-order valence-electron chi connectivity index (χ4n) is 1.88. The number of rotatable bonds is 3.